The Morgan fingerprint density at radius 1 is 1.19 bits per heavy atom. The summed E-state index contributed by atoms with van der Waals surface area (Å²) in [4.78, 5) is 9.77. The average molecular weight is 371 g/mol. The first-order valence-corrected chi connectivity index (χ1v) is 10.5. The van der Waals surface area contributed by atoms with Gasteiger partial charge < -0.3 is 15.0 Å². The predicted molar refractivity (Wildman–Crippen MR) is 111 cm³/mol. The molecule has 2 aliphatic heterocycles. The summed E-state index contributed by atoms with van der Waals surface area (Å²) in [5.41, 5.74) is 1.42. The highest BCUT2D eigenvalue weighted by Crippen LogP contribution is 2.51. The Kier molecular flexibility index (Phi) is 5.31. The summed E-state index contributed by atoms with van der Waals surface area (Å²) in [6.07, 6.45) is 6.51. The zero-order valence-electron chi connectivity index (χ0n) is 17.1. The molecule has 3 unspecified atom stereocenters. The molecule has 0 aromatic heterocycles. The van der Waals surface area contributed by atoms with Crippen LogP contribution in [0.15, 0.2) is 29.3 Å². The Bertz CT molecular complexity index is 685. The van der Waals surface area contributed by atoms with Crippen molar-refractivity contribution in [2.24, 2.45) is 4.99 Å². The number of nitrogens with one attached hydrogen (secondary N) is 1. The maximum atomic E-state index is 5.60. The molecule has 5 nitrogen and oxygen atoms in total. The number of rotatable bonds is 4. The second kappa shape index (κ2) is 7.70. The van der Waals surface area contributed by atoms with Gasteiger partial charge in [-0.25, -0.2) is 0 Å². The highest BCUT2D eigenvalue weighted by Gasteiger charge is 2.53. The van der Waals surface area contributed by atoms with E-state index < -0.39 is 0 Å². The number of hydrogen-bond donors (Lipinski definition) is 1. The number of likely N-dealkylation sites (tertiary alicyclic amines) is 2. The van der Waals surface area contributed by atoms with E-state index >= 15 is 0 Å². The SMILES string of the molecule is CN=C(NC1CC1(C)c1ccccc1OC)N1CCC(N2CCCCC2)C1. The molecule has 0 spiro atoms. The van der Waals surface area contributed by atoms with Crippen molar-refractivity contribution in [3.63, 3.8) is 0 Å². The van der Waals surface area contributed by atoms with Gasteiger partial charge in [-0.1, -0.05) is 31.5 Å². The first-order chi connectivity index (χ1) is 13.2. The van der Waals surface area contributed by atoms with Crippen LogP contribution in [0.25, 0.3) is 0 Å². The molecular formula is C22H34N4O. The van der Waals surface area contributed by atoms with E-state index in [-0.39, 0.29) is 5.41 Å². The van der Waals surface area contributed by atoms with Crippen LogP contribution in [0.4, 0.5) is 0 Å². The van der Waals surface area contributed by atoms with Gasteiger partial charge >= 0.3 is 0 Å². The van der Waals surface area contributed by atoms with E-state index in [0.29, 0.717) is 12.1 Å². The Labute approximate surface area is 163 Å². The van der Waals surface area contributed by atoms with Crippen molar-refractivity contribution in [1.82, 2.24) is 15.1 Å². The number of piperidine rings is 1. The lowest BCUT2D eigenvalue weighted by Crippen LogP contribution is -2.45. The molecule has 3 atom stereocenters. The monoisotopic (exact) mass is 370 g/mol. The highest BCUT2D eigenvalue weighted by molar-refractivity contribution is 5.81. The van der Waals surface area contributed by atoms with Crippen molar-refractivity contribution in [3.8, 4) is 5.75 Å². The van der Waals surface area contributed by atoms with E-state index in [4.69, 9.17) is 4.74 Å². The third kappa shape index (κ3) is 3.66. The Balaban J connectivity index is 1.38. The molecule has 0 radical (unpaired) electrons. The summed E-state index contributed by atoms with van der Waals surface area (Å²) >= 11 is 0. The lowest BCUT2D eigenvalue weighted by molar-refractivity contribution is 0.168. The molecule has 4 rings (SSSR count). The van der Waals surface area contributed by atoms with Crippen molar-refractivity contribution >= 4 is 5.96 Å². The van der Waals surface area contributed by atoms with Crippen molar-refractivity contribution in [3.05, 3.63) is 29.8 Å². The largest absolute Gasteiger partial charge is 0.496 e. The van der Waals surface area contributed by atoms with E-state index in [1.165, 1.54) is 44.3 Å². The average Bonchev–Trinajstić information content (AvgIpc) is 3.14. The fraction of sp³-hybridized carbons (Fsp3) is 0.682. The molecule has 2 heterocycles. The van der Waals surface area contributed by atoms with Crippen LogP contribution >= 0.6 is 0 Å². The normalized spacial score (nSPS) is 31.8. The van der Waals surface area contributed by atoms with Gasteiger partial charge in [-0.3, -0.25) is 9.89 Å². The number of aliphatic imine (C=N–C) groups is 1. The van der Waals surface area contributed by atoms with Gasteiger partial charge in [0.1, 0.15) is 5.75 Å². The van der Waals surface area contributed by atoms with Crippen molar-refractivity contribution in [2.75, 3.05) is 40.3 Å². The number of benzene rings is 1. The molecule has 2 saturated heterocycles. The van der Waals surface area contributed by atoms with Gasteiger partial charge in [0, 0.05) is 43.2 Å². The van der Waals surface area contributed by atoms with E-state index in [9.17, 15) is 0 Å². The summed E-state index contributed by atoms with van der Waals surface area (Å²) in [5, 5.41) is 3.75. The van der Waals surface area contributed by atoms with Crippen molar-refractivity contribution < 1.29 is 4.74 Å². The minimum Gasteiger partial charge on any atom is -0.496 e. The molecule has 0 amide bonds. The first kappa shape index (κ1) is 18.6. The van der Waals surface area contributed by atoms with Crippen LogP contribution in [0.1, 0.15) is 44.6 Å². The van der Waals surface area contributed by atoms with E-state index in [1.54, 1.807) is 7.11 Å². The van der Waals surface area contributed by atoms with Crippen LogP contribution in [0.3, 0.4) is 0 Å². The number of guanidine groups is 1. The number of methoxy groups -OCH3 is 1. The van der Waals surface area contributed by atoms with E-state index in [1.807, 2.05) is 13.1 Å². The molecule has 1 N–H and O–H groups in total. The minimum atomic E-state index is 0.120. The number of hydrogen-bond acceptors (Lipinski definition) is 3. The van der Waals surface area contributed by atoms with Gasteiger partial charge in [0.2, 0.25) is 0 Å². The van der Waals surface area contributed by atoms with Gasteiger partial charge in [-0.2, -0.15) is 0 Å². The fourth-order valence-corrected chi connectivity index (χ4v) is 4.96. The smallest absolute Gasteiger partial charge is 0.193 e. The van der Waals surface area contributed by atoms with Crippen molar-refractivity contribution in [1.29, 1.82) is 0 Å². The molecule has 3 fully saturated rings. The molecule has 1 saturated carbocycles. The molecular weight excluding hydrogens is 336 g/mol. The standard InChI is InChI=1S/C22H34N4O/c1-22(18-9-5-6-10-19(18)27-3)15-20(22)24-21(23-2)26-14-11-17(16-26)25-12-7-4-8-13-25/h5-6,9-10,17,20H,4,7-8,11-16H2,1-3H3,(H,23,24). The van der Waals surface area contributed by atoms with Crippen LogP contribution < -0.4 is 10.1 Å². The van der Waals surface area contributed by atoms with Crippen LogP contribution in [-0.2, 0) is 5.41 Å². The van der Waals surface area contributed by atoms with Gasteiger partial charge in [-0.15, -0.1) is 0 Å². The first-order valence-electron chi connectivity index (χ1n) is 10.5. The van der Waals surface area contributed by atoms with Gasteiger partial charge in [-0.05, 0) is 44.8 Å². The summed E-state index contributed by atoms with van der Waals surface area (Å²) in [5.74, 6) is 2.06. The number of ether oxygens (including phenoxy) is 1. The molecule has 0 bridgehead atoms. The number of nitrogens with zero attached hydrogens (tertiary/aromatic N) is 3. The molecule has 1 aromatic rings. The van der Waals surface area contributed by atoms with Crippen LogP contribution in [-0.4, -0.2) is 68.2 Å². The van der Waals surface area contributed by atoms with E-state index in [2.05, 4.69) is 45.2 Å². The fourth-order valence-electron chi connectivity index (χ4n) is 4.96. The van der Waals surface area contributed by atoms with Crippen molar-refractivity contribution in [2.45, 2.75) is 56.5 Å². The Morgan fingerprint density at radius 2 is 1.96 bits per heavy atom. The third-order valence-corrected chi connectivity index (χ3v) is 6.84. The number of para-hydroxylation sites is 1. The lowest BCUT2D eigenvalue weighted by atomic mass is 9.96. The third-order valence-electron chi connectivity index (χ3n) is 6.84. The van der Waals surface area contributed by atoms with Crippen LogP contribution in [0.5, 0.6) is 5.75 Å². The summed E-state index contributed by atoms with van der Waals surface area (Å²) in [6.45, 7) is 7.10. The topological polar surface area (TPSA) is 40.1 Å². The molecule has 148 valence electrons. The second-order valence-electron chi connectivity index (χ2n) is 8.55. The van der Waals surface area contributed by atoms with E-state index in [0.717, 1.165) is 31.2 Å². The molecule has 1 aliphatic carbocycles. The van der Waals surface area contributed by atoms with Gasteiger partial charge in [0.15, 0.2) is 5.96 Å². The van der Waals surface area contributed by atoms with Gasteiger partial charge in [0.05, 0.1) is 7.11 Å². The maximum absolute atomic E-state index is 5.60. The summed E-state index contributed by atoms with van der Waals surface area (Å²) < 4.78 is 5.60. The zero-order chi connectivity index (χ0) is 18.9. The summed E-state index contributed by atoms with van der Waals surface area (Å²) in [6, 6.07) is 9.53. The summed E-state index contributed by atoms with van der Waals surface area (Å²) in [7, 11) is 3.68. The maximum Gasteiger partial charge on any atom is 0.193 e. The molecule has 1 aromatic carbocycles. The van der Waals surface area contributed by atoms with Crippen LogP contribution in [0.2, 0.25) is 0 Å². The molecule has 3 aliphatic rings. The van der Waals surface area contributed by atoms with Crippen LogP contribution in [0, 0.1) is 0 Å². The lowest BCUT2D eigenvalue weighted by Gasteiger charge is -2.32. The van der Waals surface area contributed by atoms with Gasteiger partial charge in [0.25, 0.3) is 0 Å². The zero-order valence-corrected chi connectivity index (χ0v) is 17.1. The second-order valence-corrected chi connectivity index (χ2v) is 8.55. The quantitative estimate of drug-likeness (QED) is 0.654. The Morgan fingerprint density at radius 3 is 2.70 bits per heavy atom. The molecule has 27 heavy (non-hydrogen) atoms. The highest BCUT2D eigenvalue weighted by atomic mass is 16.5. The predicted octanol–water partition coefficient (Wildman–Crippen LogP) is 2.86. The minimum absolute atomic E-state index is 0.120. The Hall–Kier alpha value is -1.75. The molecule has 5 heteroatoms.